The van der Waals surface area contributed by atoms with Gasteiger partial charge >= 0.3 is 0 Å². The number of hydrogen-bond acceptors (Lipinski definition) is 2. The number of rotatable bonds is 3. The predicted molar refractivity (Wildman–Crippen MR) is 51.3 cm³/mol. The summed E-state index contributed by atoms with van der Waals surface area (Å²) in [5.74, 6) is 0.166. The Bertz CT molecular complexity index is 302. The Morgan fingerprint density at radius 2 is 2.15 bits per heavy atom. The first kappa shape index (κ1) is 10.5. The number of benzene rings is 1. The Kier molecular flexibility index (Phi) is 3.69. The molecule has 0 fully saturated rings. The van der Waals surface area contributed by atoms with Crippen LogP contribution < -0.4 is 4.74 Å². The average Bonchev–Trinajstić information content (AvgIpc) is 2.09. The van der Waals surface area contributed by atoms with Crippen molar-refractivity contribution in [2.45, 2.75) is 6.92 Å². The summed E-state index contributed by atoms with van der Waals surface area (Å²) in [4.78, 5) is 0. The van der Waals surface area contributed by atoms with Crippen LogP contribution in [0.3, 0.4) is 0 Å². The molecule has 13 heavy (non-hydrogen) atoms. The van der Waals surface area contributed by atoms with E-state index in [4.69, 9.17) is 9.47 Å². The van der Waals surface area contributed by atoms with E-state index < -0.39 is 0 Å². The predicted octanol–water partition coefficient (Wildman–Crippen LogP) is 2.88. The number of aryl methyl sites for hydroxylation is 1. The highest BCUT2D eigenvalue weighted by atomic mass is 79.9. The van der Waals surface area contributed by atoms with Crippen LogP contribution in [0.15, 0.2) is 16.6 Å². The van der Waals surface area contributed by atoms with E-state index in [0.717, 1.165) is 5.56 Å². The van der Waals surface area contributed by atoms with Crippen molar-refractivity contribution in [3.8, 4) is 5.75 Å². The van der Waals surface area contributed by atoms with Crippen molar-refractivity contribution in [1.29, 1.82) is 0 Å². The Morgan fingerprint density at radius 3 is 2.77 bits per heavy atom. The lowest BCUT2D eigenvalue weighted by Gasteiger charge is -2.08. The summed E-state index contributed by atoms with van der Waals surface area (Å²) in [6, 6.07) is 3.00. The minimum absolute atomic E-state index is 0.127. The Hall–Kier alpha value is -0.610. The zero-order valence-electron chi connectivity index (χ0n) is 7.43. The summed E-state index contributed by atoms with van der Waals surface area (Å²) in [7, 11) is 1.52. The quantitative estimate of drug-likeness (QED) is 0.767. The highest BCUT2D eigenvalue weighted by Gasteiger charge is 2.05. The molecule has 0 aliphatic heterocycles. The van der Waals surface area contributed by atoms with Gasteiger partial charge in [0.25, 0.3) is 0 Å². The fraction of sp³-hybridized carbons (Fsp3) is 0.333. The van der Waals surface area contributed by atoms with Gasteiger partial charge in [-0.05, 0) is 34.5 Å². The fourth-order valence-corrected chi connectivity index (χ4v) is 1.36. The van der Waals surface area contributed by atoms with Crippen molar-refractivity contribution in [3.63, 3.8) is 0 Å². The lowest BCUT2D eigenvalue weighted by atomic mass is 10.2. The van der Waals surface area contributed by atoms with Crippen LogP contribution in [0.4, 0.5) is 4.39 Å². The fourth-order valence-electron chi connectivity index (χ4n) is 0.906. The first-order valence-corrected chi connectivity index (χ1v) is 4.52. The van der Waals surface area contributed by atoms with Gasteiger partial charge < -0.3 is 9.47 Å². The van der Waals surface area contributed by atoms with Gasteiger partial charge in [0.05, 0.1) is 4.47 Å². The molecule has 1 aromatic rings. The van der Waals surface area contributed by atoms with E-state index in [1.807, 2.05) is 6.92 Å². The summed E-state index contributed by atoms with van der Waals surface area (Å²) < 4.78 is 23.3. The van der Waals surface area contributed by atoms with Crippen LogP contribution >= 0.6 is 15.9 Å². The molecule has 0 aliphatic carbocycles. The molecule has 0 unspecified atom stereocenters. The first-order chi connectivity index (χ1) is 6.15. The van der Waals surface area contributed by atoms with E-state index in [9.17, 15) is 4.39 Å². The van der Waals surface area contributed by atoms with Crippen molar-refractivity contribution in [3.05, 3.63) is 28.0 Å². The molecule has 1 rings (SSSR count). The third kappa shape index (κ3) is 2.67. The van der Waals surface area contributed by atoms with Crippen LogP contribution in [0.5, 0.6) is 5.75 Å². The molecule has 0 saturated carbocycles. The maximum atomic E-state index is 13.0. The SMILES string of the molecule is COCOc1cc(F)c(Br)cc1C. The maximum Gasteiger partial charge on any atom is 0.188 e. The smallest absolute Gasteiger partial charge is 0.188 e. The summed E-state index contributed by atoms with van der Waals surface area (Å²) >= 11 is 3.09. The van der Waals surface area contributed by atoms with Crippen LogP contribution in [0, 0.1) is 12.7 Å². The normalized spacial score (nSPS) is 10.2. The van der Waals surface area contributed by atoms with E-state index in [1.165, 1.54) is 13.2 Å². The van der Waals surface area contributed by atoms with Crippen LogP contribution in [0.2, 0.25) is 0 Å². The molecule has 0 bridgehead atoms. The molecule has 72 valence electrons. The van der Waals surface area contributed by atoms with Crippen molar-refractivity contribution >= 4 is 15.9 Å². The van der Waals surface area contributed by atoms with Gasteiger partial charge in [0.2, 0.25) is 0 Å². The summed E-state index contributed by atoms with van der Waals surface area (Å²) in [6.07, 6.45) is 0. The second-order valence-electron chi connectivity index (χ2n) is 2.58. The lowest BCUT2D eigenvalue weighted by Crippen LogP contribution is -2.00. The Morgan fingerprint density at radius 1 is 1.46 bits per heavy atom. The summed E-state index contributed by atoms with van der Waals surface area (Å²) in [6.45, 7) is 1.97. The molecular formula is C9H10BrFO2. The standard InChI is InChI=1S/C9H10BrFO2/c1-6-3-7(10)8(11)4-9(6)13-5-12-2/h3-4H,5H2,1-2H3. The highest BCUT2D eigenvalue weighted by Crippen LogP contribution is 2.25. The molecule has 0 aliphatic rings. The van der Waals surface area contributed by atoms with Gasteiger partial charge in [-0.15, -0.1) is 0 Å². The zero-order valence-corrected chi connectivity index (χ0v) is 9.02. The van der Waals surface area contributed by atoms with Gasteiger partial charge in [-0.3, -0.25) is 0 Å². The van der Waals surface area contributed by atoms with Crippen molar-refractivity contribution in [1.82, 2.24) is 0 Å². The van der Waals surface area contributed by atoms with Crippen molar-refractivity contribution < 1.29 is 13.9 Å². The Balaban J connectivity index is 2.88. The minimum Gasteiger partial charge on any atom is -0.467 e. The molecule has 0 saturated heterocycles. The molecule has 0 atom stereocenters. The Labute approximate surface area is 84.8 Å². The molecule has 0 heterocycles. The second kappa shape index (κ2) is 4.58. The molecule has 0 spiro atoms. The van der Waals surface area contributed by atoms with E-state index in [-0.39, 0.29) is 12.6 Å². The van der Waals surface area contributed by atoms with Gasteiger partial charge in [-0.1, -0.05) is 0 Å². The molecule has 1 aromatic carbocycles. The van der Waals surface area contributed by atoms with Crippen LogP contribution in [-0.4, -0.2) is 13.9 Å². The molecule has 0 N–H and O–H groups in total. The van der Waals surface area contributed by atoms with E-state index in [0.29, 0.717) is 10.2 Å². The first-order valence-electron chi connectivity index (χ1n) is 3.72. The number of methoxy groups -OCH3 is 1. The van der Waals surface area contributed by atoms with Gasteiger partial charge in [0.15, 0.2) is 6.79 Å². The maximum absolute atomic E-state index is 13.0. The van der Waals surface area contributed by atoms with Crippen LogP contribution in [0.1, 0.15) is 5.56 Å². The van der Waals surface area contributed by atoms with Gasteiger partial charge in [0.1, 0.15) is 11.6 Å². The molecule has 2 nitrogen and oxygen atoms in total. The lowest BCUT2D eigenvalue weighted by molar-refractivity contribution is 0.0504. The van der Waals surface area contributed by atoms with Crippen LogP contribution in [-0.2, 0) is 4.74 Å². The van der Waals surface area contributed by atoms with E-state index in [1.54, 1.807) is 6.07 Å². The number of ether oxygens (including phenoxy) is 2. The summed E-state index contributed by atoms with van der Waals surface area (Å²) in [5.41, 5.74) is 0.866. The largest absolute Gasteiger partial charge is 0.467 e. The average molecular weight is 249 g/mol. The molecule has 4 heteroatoms. The molecule has 0 amide bonds. The van der Waals surface area contributed by atoms with E-state index >= 15 is 0 Å². The van der Waals surface area contributed by atoms with Crippen molar-refractivity contribution in [2.75, 3.05) is 13.9 Å². The molecular weight excluding hydrogens is 239 g/mol. The third-order valence-corrected chi connectivity index (χ3v) is 2.16. The highest BCUT2D eigenvalue weighted by molar-refractivity contribution is 9.10. The second-order valence-corrected chi connectivity index (χ2v) is 3.44. The van der Waals surface area contributed by atoms with Crippen molar-refractivity contribution in [2.24, 2.45) is 0 Å². The van der Waals surface area contributed by atoms with E-state index in [2.05, 4.69) is 15.9 Å². The third-order valence-electron chi connectivity index (χ3n) is 1.55. The van der Waals surface area contributed by atoms with Gasteiger partial charge in [-0.2, -0.15) is 0 Å². The van der Waals surface area contributed by atoms with Gasteiger partial charge in [-0.25, -0.2) is 4.39 Å². The number of halogens is 2. The van der Waals surface area contributed by atoms with Crippen LogP contribution in [0.25, 0.3) is 0 Å². The topological polar surface area (TPSA) is 18.5 Å². The summed E-state index contributed by atoms with van der Waals surface area (Å²) in [5, 5.41) is 0. The molecule has 0 radical (unpaired) electrons. The number of hydrogen-bond donors (Lipinski definition) is 0. The molecule has 0 aromatic heterocycles. The zero-order chi connectivity index (χ0) is 9.84. The monoisotopic (exact) mass is 248 g/mol. The van der Waals surface area contributed by atoms with Gasteiger partial charge in [0, 0.05) is 13.2 Å². The minimum atomic E-state index is -0.336.